The minimum atomic E-state index is -2.16. The minimum absolute atomic E-state index is 0.171. The summed E-state index contributed by atoms with van der Waals surface area (Å²) in [4.78, 5) is 39.5. The Kier molecular flexibility index (Phi) is 9.77. The van der Waals surface area contributed by atoms with Crippen LogP contribution in [-0.2, 0) is 18.9 Å². The van der Waals surface area contributed by atoms with Gasteiger partial charge in [0, 0.05) is 0 Å². The van der Waals surface area contributed by atoms with Gasteiger partial charge in [-0.15, -0.1) is 0 Å². The summed E-state index contributed by atoms with van der Waals surface area (Å²) in [6, 6.07) is 34.0. The Morgan fingerprint density at radius 3 is 1.40 bits per heavy atom. The second-order valence-electron chi connectivity index (χ2n) is 9.36. The topological polar surface area (TPSA) is 88.1 Å². The number of ether oxygens (including phenoxy) is 4. The standard InChI is InChI=1S/C33H27FO7Se/c34-30-29(41-33(37)24-17-9-3-10-18-24)28(40-32(36)23-15-7-2-8-16-23)27(39-31(35)22-13-5-1-6-14-22)26(38-30)21-42-25-19-11-4-12-20-25/h1-20,26-30H,21H2/t26-,27-,28+,29-,30-/m1/s1. The molecule has 1 saturated heterocycles. The van der Waals surface area contributed by atoms with Crippen LogP contribution >= 0.6 is 0 Å². The molecule has 0 amide bonds. The molecular formula is C33H27FO7Se. The van der Waals surface area contributed by atoms with Crippen LogP contribution in [0, 0.1) is 0 Å². The normalized spacial score (nSPS) is 21.6. The number of benzene rings is 4. The van der Waals surface area contributed by atoms with E-state index in [2.05, 4.69) is 0 Å². The van der Waals surface area contributed by atoms with Crippen LogP contribution in [0.5, 0.6) is 0 Å². The third-order valence-corrected chi connectivity index (χ3v) is 8.80. The van der Waals surface area contributed by atoms with Crippen molar-refractivity contribution in [2.24, 2.45) is 0 Å². The molecule has 5 rings (SSSR count). The Bertz CT molecular complexity index is 1470. The number of esters is 3. The second kappa shape index (κ2) is 14.0. The van der Waals surface area contributed by atoms with E-state index in [9.17, 15) is 14.4 Å². The van der Waals surface area contributed by atoms with E-state index in [0.717, 1.165) is 4.46 Å². The number of carbonyl (C=O) groups excluding carboxylic acids is 3. The first-order valence-electron chi connectivity index (χ1n) is 13.2. The van der Waals surface area contributed by atoms with Crippen molar-refractivity contribution >= 4 is 37.3 Å². The van der Waals surface area contributed by atoms with Crippen LogP contribution in [0.3, 0.4) is 0 Å². The summed E-state index contributed by atoms with van der Waals surface area (Å²) in [6.07, 6.45) is -7.64. The summed E-state index contributed by atoms with van der Waals surface area (Å²) in [5.41, 5.74) is 0.620. The van der Waals surface area contributed by atoms with Gasteiger partial charge in [-0.2, -0.15) is 0 Å². The summed E-state index contributed by atoms with van der Waals surface area (Å²) in [5, 5.41) is 0.295. The van der Waals surface area contributed by atoms with Crippen molar-refractivity contribution in [2.75, 3.05) is 0 Å². The summed E-state index contributed by atoms with van der Waals surface area (Å²) in [7, 11) is 0. The molecule has 7 nitrogen and oxygen atoms in total. The fraction of sp³-hybridized carbons (Fsp3) is 0.182. The predicted molar refractivity (Wildman–Crippen MR) is 153 cm³/mol. The van der Waals surface area contributed by atoms with Gasteiger partial charge >= 0.3 is 249 Å². The van der Waals surface area contributed by atoms with Gasteiger partial charge in [0.2, 0.25) is 0 Å². The Balaban J connectivity index is 1.48. The molecule has 0 N–H and O–H groups in total. The molecule has 1 aliphatic rings. The van der Waals surface area contributed by atoms with Gasteiger partial charge in [-0.05, 0) is 0 Å². The zero-order valence-electron chi connectivity index (χ0n) is 22.3. The number of halogens is 1. The Morgan fingerprint density at radius 2 is 0.952 bits per heavy atom. The van der Waals surface area contributed by atoms with E-state index in [1.54, 1.807) is 78.9 Å². The van der Waals surface area contributed by atoms with Crippen LogP contribution in [0.4, 0.5) is 4.39 Å². The van der Waals surface area contributed by atoms with Crippen LogP contribution in [0.25, 0.3) is 0 Å². The molecule has 1 fully saturated rings. The molecule has 0 bridgehead atoms. The van der Waals surface area contributed by atoms with Crippen molar-refractivity contribution < 1.29 is 37.7 Å². The Labute approximate surface area is 248 Å². The van der Waals surface area contributed by atoms with Gasteiger partial charge in [0.15, 0.2) is 0 Å². The molecule has 4 aromatic carbocycles. The molecule has 0 saturated carbocycles. The molecular weight excluding hydrogens is 606 g/mol. The van der Waals surface area contributed by atoms with Gasteiger partial charge in [-0.25, -0.2) is 0 Å². The monoisotopic (exact) mass is 634 g/mol. The fourth-order valence-corrected chi connectivity index (χ4v) is 6.44. The quantitative estimate of drug-likeness (QED) is 0.149. The van der Waals surface area contributed by atoms with E-state index in [1.165, 1.54) is 12.1 Å². The van der Waals surface area contributed by atoms with Gasteiger partial charge in [-0.1, -0.05) is 0 Å². The van der Waals surface area contributed by atoms with E-state index >= 15 is 4.39 Å². The van der Waals surface area contributed by atoms with Crippen molar-refractivity contribution in [3.8, 4) is 0 Å². The second-order valence-corrected chi connectivity index (χ2v) is 11.7. The molecule has 42 heavy (non-hydrogen) atoms. The third-order valence-electron chi connectivity index (χ3n) is 6.49. The number of hydrogen-bond donors (Lipinski definition) is 0. The fourth-order valence-electron chi connectivity index (χ4n) is 4.39. The number of hydrogen-bond acceptors (Lipinski definition) is 7. The summed E-state index contributed by atoms with van der Waals surface area (Å²) >= 11 is -0.204. The average Bonchev–Trinajstić information content (AvgIpc) is 3.04. The predicted octanol–water partition coefficient (Wildman–Crippen LogP) is 4.81. The molecule has 0 unspecified atom stereocenters. The number of carbonyl (C=O) groups is 3. The van der Waals surface area contributed by atoms with E-state index in [4.69, 9.17) is 18.9 Å². The zero-order valence-corrected chi connectivity index (χ0v) is 24.0. The van der Waals surface area contributed by atoms with Crippen molar-refractivity contribution in [1.29, 1.82) is 0 Å². The van der Waals surface area contributed by atoms with E-state index in [1.807, 2.05) is 30.3 Å². The molecule has 1 aliphatic heterocycles. The van der Waals surface area contributed by atoms with E-state index in [0.29, 0.717) is 5.32 Å². The molecule has 1 heterocycles. The number of alkyl halides is 1. The maximum atomic E-state index is 15.8. The van der Waals surface area contributed by atoms with Crippen molar-refractivity contribution in [1.82, 2.24) is 0 Å². The molecule has 0 radical (unpaired) electrons. The zero-order chi connectivity index (χ0) is 29.3. The summed E-state index contributed by atoms with van der Waals surface area (Å²) in [6.45, 7) is 0. The van der Waals surface area contributed by atoms with E-state index < -0.39 is 48.7 Å². The molecule has 0 aromatic heterocycles. The van der Waals surface area contributed by atoms with Crippen LogP contribution in [0.2, 0.25) is 5.32 Å². The van der Waals surface area contributed by atoms with E-state index in [-0.39, 0.29) is 31.6 Å². The van der Waals surface area contributed by atoms with Crippen LogP contribution in [-0.4, -0.2) is 63.6 Å². The third kappa shape index (κ3) is 7.31. The molecule has 214 valence electrons. The summed E-state index contributed by atoms with van der Waals surface area (Å²) < 4.78 is 39.9. The van der Waals surface area contributed by atoms with Gasteiger partial charge in [0.25, 0.3) is 0 Å². The SMILES string of the molecule is O=C(O[C@@H]1[C@@H](OC(=O)c2ccccc2)[C@H](F)O[C@H](C[Se]c2ccccc2)[C@H]1OC(=O)c1ccccc1)c1ccccc1. The van der Waals surface area contributed by atoms with Crippen LogP contribution in [0.15, 0.2) is 121 Å². The Hall–Kier alpha value is -4.30. The van der Waals surface area contributed by atoms with Gasteiger partial charge < -0.3 is 0 Å². The van der Waals surface area contributed by atoms with Crippen molar-refractivity contribution in [2.45, 2.75) is 36.1 Å². The molecule has 4 aromatic rings. The molecule has 9 heteroatoms. The van der Waals surface area contributed by atoms with Gasteiger partial charge in [0.1, 0.15) is 0 Å². The first kappa shape index (κ1) is 29.2. The summed E-state index contributed by atoms with van der Waals surface area (Å²) in [5.74, 6) is -2.34. The van der Waals surface area contributed by atoms with Gasteiger partial charge in [-0.3, -0.25) is 0 Å². The van der Waals surface area contributed by atoms with Crippen LogP contribution < -0.4 is 4.46 Å². The average molecular weight is 634 g/mol. The molecule has 0 spiro atoms. The first-order chi connectivity index (χ1) is 20.5. The Morgan fingerprint density at radius 1 is 0.571 bits per heavy atom. The van der Waals surface area contributed by atoms with Crippen molar-refractivity contribution in [3.05, 3.63) is 138 Å². The number of rotatable bonds is 9. The maximum absolute atomic E-state index is 15.8. The van der Waals surface area contributed by atoms with Crippen LogP contribution in [0.1, 0.15) is 31.1 Å². The first-order valence-corrected chi connectivity index (χ1v) is 15.3. The molecule has 0 aliphatic carbocycles. The molecule has 5 atom stereocenters. The van der Waals surface area contributed by atoms with Gasteiger partial charge in [0.05, 0.1) is 0 Å². The van der Waals surface area contributed by atoms with Crippen molar-refractivity contribution in [3.63, 3.8) is 0 Å².